The number of alkyl halides is 2. The minimum Gasteiger partial charge on any atom is -0.337 e. The molecule has 0 bridgehead atoms. The largest absolute Gasteiger partial charge is 0.337 e. The van der Waals surface area contributed by atoms with E-state index in [4.69, 9.17) is 0 Å². The molecule has 0 aliphatic heterocycles. The molecular weight excluding hydrogens is 318 g/mol. The zero-order valence-corrected chi connectivity index (χ0v) is 12.9. The van der Waals surface area contributed by atoms with E-state index in [1.54, 1.807) is 18.6 Å². The molecule has 2 amide bonds. The Balaban J connectivity index is 1.56. The van der Waals surface area contributed by atoms with Crippen molar-refractivity contribution >= 4 is 17.4 Å². The van der Waals surface area contributed by atoms with Gasteiger partial charge in [0.05, 0.1) is 5.69 Å². The van der Waals surface area contributed by atoms with Crippen LogP contribution in [-0.2, 0) is 6.42 Å². The number of nitrogens with one attached hydrogen (secondary N) is 2. The fourth-order valence-corrected chi connectivity index (χ4v) is 2.45. The van der Waals surface area contributed by atoms with Crippen LogP contribution in [0.4, 0.5) is 19.3 Å². The molecule has 3 aromatic rings. The highest BCUT2D eigenvalue weighted by Gasteiger charge is 2.11. The second-order valence-electron chi connectivity index (χ2n) is 5.23. The Labute approximate surface area is 136 Å². The summed E-state index contributed by atoms with van der Waals surface area (Å²) in [5, 5.41) is 5.33. The molecule has 0 radical (unpaired) electrons. The molecule has 7 nitrogen and oxygen atoms in total. The molecule has 3 heterocycles. The number of aromatic nitrogens is 4. The van der Waals surface area contributed by atoms with Gasteiger partial charge in [-0.1, -0.05) is 0 Å². The molecule has 2 N–H and O–H groups in total. The first-order valence-electron chi connectivity index (χ1n) is 7.32. The molecule has 0 unspecified atom stereocenters. The van der Waals surface area contributed by atoms with Crippen LogP contribution in [0.5, 0.6) is 0 Å². The van der Waals surface area contributed by atoms with Crippen molar-refractivity contribution in [1.29, 1.82) is 0 Å². The summed E-state index contributed by atoms with van der Waals surface area (Å²) >= 11 is 0. The average molecular weight is 334 g/mol. The zero-order chi connectivity index (χ0) is 17.1. The Hall–Kier alpha value is -2.97. The number of rotatable bonds is 5. The second-order valence-corrected chi connectivity index (χ2v) is 5.23. The summed E-state index contributed by atoms with van der Waals surface area (Å²) in [6.45, 7) is -0.543. The Morgan fingerprint density at radius 2 is 2.08 bits per heavy atom. The SMILES string of the molecule is Cc1cc(NC(=O)NCCc2nccn2C(F)F)cn2ccnc12. The third-order valence-electron chi connectivity index (χ3n) is 3.52. The number of hydrogen-bond acceptors (Lipinski definition) is 3. The van der Waals surface area contributed by atoms with Crippen LogP contribution in [0, 0.1) is 6.92 Å². The molecule has 3 aromatic heterocycles. The van der Waals surface area contributed by atoms with Crippen LogP contribution in [0.25, 0.3) is 5.65 Å². The number of urea groups is 1. The third-order valence-corrected chi connectivity index (χ3v) is 3.52. The molecule has 0 aliphatic carbocycles. The number of fused-ring (bicyclic) bond motifs is 1. The molecule has 0 spiro atoms. The molecule has 3 rings (SSSR count). The minimum atomic E-state index is -2.64. The molecule has 0 aromatic carbocycles. The van der Waals surface area contributed by atoms with Gasteiger partial charge in [0.2, 0.25) is 0 Å². The van der Waals surface area contributed by atoms with Gasteiger partial charge in [0.1, 0.15) is 11.5 Å². The second kappa shape index (κ2) is 6.65. The van der Waals surface area contributed by atoms with Crippen LogP contribution in [-0.4, -0.2) is 31.5 Å². The van der Waals surface area contributed by atoms with Crippen LogP contribution in [0.1, 0.15) is 17.9 Å². The number of anilines is 1. The quantitative estimate of drug-likeness (QED) is 0.753. The Kier molecular flexibility index (Phi) is 4.41. The van der Waals surface area contributed by atoms with E-state index < -0.39 is 12.6 Å². The van der Waals surface area contributed by atoms with Gasteiger partial charge in [-0.25, -0.2) is 14.8 Å². The summed E-state index contributed by atoms with van der Waals surface area (Å²) in [6, 6.07) is 1.40. The normalized spacial score (nSPS) is 11.2. The van der Waals surface area contributed by atoms with Crippen molar-refractivity contribution < 1.29 is 13.6 Å². The van der Waals surface area contributed by atoms with Crippen molar-refractivity contribution in [2.24, 2.45) is 0 Å². The predicted octanol–water partition coefficient (Wildman–Crippen LogP) is 2.60. The van der Waals surface area contributed by atoms with Crippen LogP contribution >= 0.6 is 0 Å². The molecular formula is C15H16F2N6O. The molecule has 24 heavy (non-hydrogen) atoms. The van der Waals surface area contributed by atoms with E-state index in [9.17, 15) is 13.6 Å². The number of nitrogens with zero attached hydrogens (tertiary/aromatic N) is 4. The number of hydrogen-bond donors (Lipinski definition) is 2. The van der Waals surface area contributed by atoms with Crippen molar-refractivity contribution in [1.82, 2.24) is 24.3 Å². The lowest BCUT2D eigenvalue weighted by Crippen LogP contribution is -2.31. The van der Waals surface area contributed by atoms with Gasteiger partial charge in [-0.2, -0.15) is 8.78 Å². The summed E-state index contributed by atoms with van der Waals surface area (Å²) in [5.74, 6) is 0.223. The lowest BCUT2D eigenvalue weighted by atomic mass is 10.3. The number of imidazole rings is 2. The van der Waals surface area contributed by atoms with Gasteiger partial charge in [-0.05, 0) is 18.6 Å². The zero-order valence-electron chi connectivity index (χ0n) is 12.9. The van der Waals surface area contributed by atoms with E-state index >= 15 is 0 Å². The van der Waals surface area contributed by atoms with Gasteiger partial charge < -0.3 is 15.0 Å². The van der Waals surface area contributed by atoms with Gasteiger partial charge in [-0.3, -0.25) is 4.57 Å². The van der Waals surface area contributed by atoms with Crippen LogP contribution in [0.2, 0.25) is 0 Å². The minimum absolute atomic E-state index is 0.196. The summed E-state index contributed by atoms with van der Waals surface area (Å²) in [6.07, 6.45) is 7.95. The smallest absolute Gasteiger partial charge is 0.319 e. The molecule has 0 saturated heterocycles. The van der Waals surface area contributed by atoms with Gasteiger partial charge in [0.25, 0.3) is 0 Å². The first-order chi connectivity index (χ1) is 11.5. The van der Waals surface area contributed by atoms with E-state index in [2.05, 4.69) is 20.6 Å². The van der Waals surface area contributed by atoms with Crippen molar-refractivity contribution in [3.63, 3.8) is 0 Å². The maximum Gasteiger partial charge on any atom is 0.319 e. The molecule has 126 valence electrons. The van der Waals surface area contributed by atoms with Gasteiger partial charge >= 0.3 is 12.6 Å². The number of aryl methyl sites for hydroxylation is 1. The van der Waals surface area contributed by atoms with Crippen LogP contribution < -0.4 is 10.6 Å². The average Bonchev–Trinajstić information content (AvgIpc) is 3.16. The Bertz CT molecular complexity index is 857. The van der Waals surface area contributed by atoms with Gasteiger partial charge in [0, 0.05) is 43.9 Å². The third kappa shape index (κ3) is 3.34. The van der Waals surface area contributed by atoms with Crippen molar-refractivity contribution in [3.05, 3.63) is 48.4 Å². The predicted molar refractivity (Wildman–Crippen MR) is 84.1 cm³/mol. The molecule has 0 atom stereocenters. The highest BCUT2D eigenvalue weighted by atomic mass is 19.3. The molecule has 9 heteroatoms. The highest BCUT2D eigenvalue weighted by Crippen LogP contribution is 2.15. The maximum atomic E-state index is 12.7. The summed E-state index contributed by atoms with van der Waals surface area (Å²) in [4.78, 5) is 20.0. The number of carbonyl (C=O) groups is 1. The van der Waals surface area contributed by atoms with Crippen LogP contribution in [0.15, 0.2) is 37.1 Å². The summed E-state index contributed by atoms with van der Waals surface area (Å²) < 4.78 is 28.0. The summed E-state index contributed by atoms with van der Waals surface area (Å²) in [5.41, 5.74) is 2.36. The number of pyridine rings is 1. The molecule has 0 saturated carbocycles. The van der Waals surface area contributed by atoms with E-state index in [1.807, 2.05) is 17.4 Å². The Morgan fingerprint density at radius 3 is 2.88 bits per heavy atom. The van der Waals surface area contributed by atoms with Crippen molar-refractivity contribution in [2.45, 2.75) is 19.9 Å². The monoisotopic (exact) mass is 334 g/mol. The number of halogens is 2. The van der Waals surface area contributed by atoms with E-state index in [0.717, 1.165) is 15.8 Å². The van der Waals surface area contributed by atoms with E-state index in [-0.39, 0.29) is 18.8 Å². The van der Waals surface area contributed by atoms with Crippen molar-refractivity contribution in [3.8, 4) is 0 Å². The molecule has 0 aliphatic rings. The maximum absolute atomic E-state index is 12.7. The van der Waals surface area contributed by atoms with E-state index in [0.29, 0.717) is 5.69 Å². The van der Waals surface area contributed by atoms with Gasteiger partial charge in [-0.15, -0.1) is 0 Å². The lowest BCUT2D eigenvalue weighted by molar-refractivity contribution is 0.0670. The standard InChI is InChI=1S/C15H16F2N6O/c1-10-8-11(9-22-6-4-19-13(10)22)21-15(24)20-3-2-12-18-5-7-23(12)14(16)17/h4-9,14H,2-3H2,1H3,(H2,20,21,24). The topological polar surface area (TPSA) is 76.2 Å². The first-order valence-corrected chi connectivity index (χ1v) is 7.32. The molecule has 0 fully saturated rings. The van der Waals surface area contributed by atoms with Crippen molar-refractivity contribution in [2.75, 3.05) is 11.9 Å². The van der Waals surface area contributed by atoms with Crippen LogP contribution in [0.3, 0.4) is 0 Å². The Morgan fingerprint density at radius 1 is 1.29 bits per heavy atom. The highest BCUT2D eigenvalue weighted by molar-refractivity contribution is 5.89. The van der Waals surface area contributed by atoms with E-state index in [1.165, 1.54) is 12.4 Å². The lowest BCUT2D eigenvalue weighted by Gasteiger charge is -2.10. The number of amides is 2. The van der Waals surface area contributed by atoms with Gasteiger partial charge in [0.15, 0.2) is 0 Å². The fourth-order valence-electron chi connectivity index (χ4n) is 2.45. The first kappa shape index (κ1) is 15.9. The number of carbonyl (C=O) groups excluding carboxylic acids is 1. The fraction of sp³-hybridized carbons (Fsp3) is 0.267. The summed E-state index contributed by atoms with van der Waals surface area (Å²) in [7, 11) is 0.